The van der Waals surface area contributed by atoms with E-state index in [0.717, 1.165) is 31.9 Å². The summed E-state index contributed by atoms with van der Waals surface area (Å²) in [5.41, 5.74) is 6.24. The Morgan fingerprint density at radius 3 is 2.08 bits per heavy atom. The molecule has 3 rings (SSSR count). The van der Waals surface area contributed by atoms with Crippen LogP contribution in [0.15, 0.2) is 72.8 Å². The van der Waals surface area contributed by atoms with Gasteiger partial charge in [0.25, 0.3) is 0 Å². The first-order chi connectivity index (χ1) is 12.7. The zero-order valence-corrected chi connectivity index (χ0v) is 15.7. The maximum atomic E-state index is 5.94. The average molecular weight is 345 g/mol. The monoisotopic (exact) mass is 345 g/mol. The van der Waals surface area contributed by atoms with Crippen LogP contribution in [0, 0.1) is 13.8 Å². The second-order valence-corrected chi connectivity index (χ2v) is 6.66. The highest BCUT2D eigenvalue weighted by molar-refractivity contribution is 5.63. The SMILES string of the molecule is Cc1cccc(C)c1OCCCNCc1ccc(-c2ccccc2)cc1. The van der Waals surface area contributed by atoms with Gasteiger partial charge < -0.3 is 10.1 Å². The quantitative estimate of drug-likeness (QED) is 0.542. The maximum absolute atomic E-state index is 5.94. The van der Waals surface area contributed by atoms with Crippen molar-refractivity contribution in [2.75, 3.05) is 13.2 Å². The van der Waals surface area contributed by atoms with Crippen molar-refractivity contribution in [3.63, 3.8) is 0 Å². The number of para-hydroxylation sites is 1. The molecule has 0 aromatic heterocycles. The number of hydrogen-bond acceptors (Lipinski definition) is 2. The van der Waals surface area contributed by atoms with Gasteiger partial charge in [0.05, 0.1) is 6.61 Å². The fourth-order valence-electron chi connectivity index (χ4n) is 3.08. The third kappa shape index (κ3) is 4.96. The minimum absolute atomic E-state index is 0.742. The van der Waals surface area contributed by atoms with Gasteiger partial charge in [-0.1, -0.05) is 72.8 Å². The number of ether oxygens (including phenoxy) is 1. The van der Waals surface area contributed by atoms with Gasteiger partial charge in [-0.15, -0.1) is 0 Å². The summed E-state index contributed by atoms with van der Waals surface area (Å²) in [4.78, 5) is 0. The standard InChI is InChI=1S/C24H27NO/c1-19-8-6-9-20(2)24(19)26-17-7-16-25-18-21-12-14-23(15-13-21)22-10-4-3-5-11-22/h3-6,8-15,25H,7,16-18H2,1-2H3. The third-order valence-corrected chi connectivity index (χ3v) is 4.54. The molecule has 0 atom stereocenters. The highest BCUT2D eigenvalue weighted by atomic mass is 16.5. The van der Waals surface area contributed by atoms with E-state index in [4.69, 9.17) is 4.74 Å². The number of nitrogens with one attached hydrogen (secondary N) is 1. The van der Waals surface area contributed by atoms with Crippen molar-refractivity contribution in [1.29, 1.82) is 0 Å². The van der Waals surface area contributed by atoms with Gasteiger partial charge in [0.2, 0.25) is 0 Å². The Hall–Kier alpha value is -2.58. The zero-order valence-electron chi connectivity index (χ0n) is 15.7. The molecule has 1 N–H and O–H groups in total. The molecule has 0 bridgehead atoms. The van der Waals surface area contributed by atoms with Crippen LogP contribution in [0.5, 0.6) is 5.75 Å². The largest absolute Gasteiger partial charge is 0.493 e. The maximum Gasteiger partial charge on any atom is 0.125 e. The lowest BCUT2D eigenvalue weighted by Crippen LogP contribution is -2.17. The molecule has 3 aromatic carbocycles. The molecule has 26 heavy (non-hydrogen) atoms. The highest BCUT2D eigenvalue weighted by Gasteiger charge is 2.02. The summed E-state index contributed by atoms with van der Waals surface area (Å²) >= 11 is 0. The molecular formula is C24H27NO. The molecule has 134 valence electrons. The lowest BCUT2D eigenvalue weighted by molar-refractivity contribution is 0.304. The first-order valence-electron chi connectivity index (χ1n) is 9.28. The predicted octanol–water partition coefficient (Wildman–Crippen LogP) is 5.53. The molecule has 0 fully saturated rings. The molecule has 3 aromatic rings. The third-order valence-electron chi connectivity index (χ3n) is 4.54. The van der Waals surface area contributed by atoms with Gasteiger partial charge in [-0.2, -0.15) is 0 Å². The van der Waals surface area contributed by atoms with Crippen molar-refractivity contribution in [2.45, 2.75) is 26.8 Å². The van der Waals surface area contributed by atoms with Gasteiger partial charge in [-0.3, -0.25) is 0 Å². The molecular weight excluding hydrogens is 318 g/mol. The molecule has 0 spiro atoms. The van der Waals surface area contributed by atoms with Gasteiger partial charge in [0, 0.05) is 6.54 Å². The summed E-state index contributed by atoms with van der Waals surface area (Å²) < 4.78 is 5.94. The lowest BCUT2D eigenvalue weighted by atomic mass is 10.0. The normalized spacial score (nSPS) is 10.7. The van der Waals surface area contributed by atoms with Crippen molar-refractivity contribution in [3.8, 4) is 16.9 Å². The fraction of sp³-hybridized carbons (Fsp3) is 0.250. The van der Waals surface area contributed by atoms with E-state index in [1.807, 2.05) is 6.07 Å². The zero-order chi connectivity index (χ0) is 18.2. The molecule has 0 saturated heterocycles. The van der Waals surface area contributed by atoms with Crippen LogP contribution in [0.1, 0.15) is 23.1 Å². The van der Waals surface area contributed by atoms with Gasteiger partial charge in [-0.25, -0.2) is 0 Å². The van der Waals surface area contributed by atoms with Crippen LogP contribution >= 0.6 is 0 Å². The van der Waals surface area contributed by atoms with E-state index in [-0.39, 0.29) is 0 Å². The van der Waals surface area contributed by atoms with E-state index in [9.17, 15) is 0 Å². The Balaban J connectivity index is 1.39. The van der Waals surface area contributed by atoms with Crippen molar-refractivity contribution >= 4 is 0 Å². The van der Waals surface area contributed by atoms with Gasteiger partial charge in [0.15, 0.2) is 0 Å². The molecule has 0 amide bonds. The summed E-state index contributed by atoms with van der Waals surface area (Å²) in [5.74, 6) is 1.03. The van der Waals surface area contributed by atoms with Crippen molar-refractivity contribution in [2.24, 2.45) is 0 Å². The van der Waals surface area contributed by atoms with Crippen LogP contribution in [-0.2, 0) is 6.54 Å². The van der Waals surface area contributed by atoms with E-state index in [1.54, 1.807) is 0 Å². The van der Waals surface area contributed by atoms with Gasteiger partial charge in [0.1, 0.15) is 5.75 Å². The summed E-state index contributed by atoms with van der Waals surface area (Å²) in [5, 5.41) is 3.50. The summed E-state index contributed by atoms with van der Waals surface area (Å²) in [6, 6.07) is 25.5. The Bertz CT molecular complexity index is 789. The van der Waals surface area contributed by atoms with Crippen molar-refractivity contribution < 1.29 is 4.74 Å². The fourth-order valence-corrected chi connectivity index (χ4v) is 3.08. The topological polar surface area (TPSA) is 21.3 Å². The first-order valence-corrected chi connectivity index (χ1v) is 9.28. The van der Waals surface area contributed by atoms with E-state index in [1.165, 1.54) is 27.8 Å². The highest BCUT2D eigenvalue weighted by Crippen LogP contribution is 2.22. The van der Waals surface area contributed by atoms with Crippen LogP contribution in [0.2, 0.25) is 0 Å². The van der Waals surface area contributed by atoms with E-state index in [2.05, 4.69) is 85.9 Å². The molecule has 0 radical (unpaired) electrons. The molecule has 0 saturated carbocycles. The van der Waals surface area contributed by atoms with Crippen LogP contribution in [0.3, 0.4) is 0 Å². The van der Waals surface area contributed by atoms with Crippen molar-refractivity contribution in [3.05, 3.63) is 89.5 Å². The Kier molecular flexibility index (Phi) is 6.45. The first kappa shape index (κ1) is 18.2. The number of aryl methyl sites for hydroxylation is 2. The van der Waals surface area contributed by atoms with Crippen LogP contribution in [-0.4, -0.2) is 13.2 Å². The van der Waals surface area contributed by atoms with E-state index < -0.39 is 0 Å². The molecule has 0 aliphatic rings. The van der Waals surface area contributed by atoms with Gasteiger partial charge in [-0.05, 0) is 54.6 Å². The summed E-state index contributed by atoms with van der Waals surface area (Å²) in [6.07, 6.45) is 0.996. The molecule has 0 aliphatic heterocycles. The number of benzene rings is 3. The smallest absolute Gasteiger partial charge is 0.125 e. The summed E-state index contributed by atoms with van der Waals surface area (Å²) in [6.45, 7) is 6.77. The van der Waals surface area contributed by atoms with Crippen LogP contribution < -0.4 is 10.1 Å². The number of rotatable bonds is 8. The van der Waals surface area contributed by atoms with Crippen molar-refractivity contribution in [1.82, 2.24) is 5.32 Å². The molecule has 2 nitrogen and oxygen atoms in total. The predicted molar refractivity (Wildman–Crippen MR) is 110 cm³/mol. The van der Waals surface area contributed by atoms with E-state index in [0.29, 0.717) is 0 Å². The second kappa shape index (κ2) is 9.21. The lowest BCUT2D eigenvalue weighted by Gasteiger charge is -2.12. The molecule has 0 unspecified atom stereocenters. The average Bonchev–Trinajstić information content (AvgIpc) is 2.67. The Labute approximate surface area is 156 Å². The Morgan fingerprint density at radius 1 is 0.731 bits per heavy atom. The summed E-state index contributed by atoms with van der Waals surface area (Å²) in [7, 11) is 0. The van der Waals surface area contributed by atoms with Crippen LogP contribution in [0.25, 0.3) is 11.1 Å². The van der Waals surface area contributed by atoms with E-state index >= 15 is 0 Å². The van der Waals surface area contributed by atoms with Crippen LogP contribution in [0.4, 0.5) is 0 Å². The second-order valence-electron chi connectivity index (χ2n) is 6.66. The molecule has 2 heteroatoms. The Morgan fingerprint density at radius 2 is 1.38 bits per heavy atom. The minimum Gasteiger partial charge on any atom is -0.493 e. The number of hydrogen-bond donors (Lipinski definition) is 1. The van der Waals surface area contributed by atoms with Gasteiger partial charge >= 0.3 is 0 Å². The minimum atomic E-state index is 0.742. The molecule has 0 aliphatic carbocycles. The molecule has 0 heterocycles.